The van der Waals surface area contributed by atoms with Crippen molar-refractivity contribution in [2.45, 2.75) is 213 Å². The predicted octanol–water partition coefficient (Wildman–Crippen LogP) is 14.7. The molecule has 400 valence electrons. The fraction of sp³-hybridized carbons (Fsp3) is 0.545. The molecule has 0 bridgehead atoms. The Kier molecular flexibility index (Phi) is 22.8. The van der Waals surface area contributed by atoms with Crippen LogP contribution in [0.2, 0.25) is 0 Å². The van der Waals surface area contributed by atoms with Crippen molar-refractivity contribution in [3.05, 3.63) is 128 Å². The van der Waals surface area contributed by atoms with Gasteiger partial charge in [-0.3, -0.25) is 9.59 Å². The molecule has 0 unspecified atom stereocenters. The van der Waals surface area contributed by atoms with Gasteiger partial charge in [0, 0.05) is 34.8 Å². The zero-order valence-corrected chi connectivity index (χ0v) is 46.6. The number of carbonyl (C=O) groups excluding carboxylic acids is 1. The molecule has 0 atom stereocenters. The fourth-order valence-electron chi connectivity index (χ4n) is 11.1. The number of aliphatic carboxylic acids is 1. The van der Waals surface area contributed by atoms with Crippen LogP contribution in [-0.4, -0.2) is 58.3 Å². The van der Waals surface area contributed by atoms with E-state index in [1.54, 1.807) is 0 Å². The van der Waals surface area contributed by atoms with Crippen LogP contribution in [0.25, 0.3) is 0 Å². The van der Waals surface area contributed by atoms with Crippen molar-refractivity contribution < 1.29 is 39.1 Å². The molecule has 0 spiro atoms. The third-order valence-electron chi connectivity index (χ3n) is 16.0. The van der Waals surface area contributed by atoms with E-state index in [9.17, 15) is 19.8 Å². The van der Waals surface area contributed by atoms with Gasteiger partial charge >= 0.3 is 11.9 Å². The molecule has 74 heavy (non-hydrogen) atoms. The van der Waals surface area contributed by atoms with Crippen molar-refractivity contribution in [3.8, 4) is 35.2 Å². The Morgan fingerprint density at radius 3 is 1.22 bits per heavy atom. The standard InChI is InChI=1S/C34H46O4.C32H42O4/c1-6-34(7-2,29-16-15-28(26(4)24-29)19-22-33(36)20-11-12-21-33)30-17-18-31(27(5)25-30)38-23-13-9-10-14-32(35)37-8-3;1-5-32(6-2,27-14-13-26(24(3)22-27)17-20-31(35)18-9-10-19-31)28-15-16-29(25(4)23-28)36-21-11-7-8-12-30(33)34/h15-18,24-25,36H,6-14,20-21,23H2,1-5H3;13-16,22-23,35H,5-12,18-19,21H2,1-4H3,(H,33,34). The minimum absolute atomic E-state index is 0.0865. The van der Waals surface area contributed by atoms with Crippen molar-refractivity contribution in [1.82, 2.24) is 0 Å². The van der Waals surface area contributed by atoms with Gasteiger partial charge in [-0.2, -0.15) is 0 Å². The minimum atomic E-state index is -0.818. The monoisotopic (exact) mass is 1010 g/mol. The lowest BCUT2D eigenvalue weighted by Crippen LogP contribution is -2.26. The highest BCUT2D eigenvalue weighted by Crippen LogP contribution is 2.43. The van der Waals surface area contributed by atoms with Crippen LogP contribution in [0.1, 0.15) is 219 Å². The Labute approximate surface area is 445 Å². The van der Waals surface area contributed by atoms with Gasteiger partial charge in [0.15, 0.2) is 0 Å². The highest BCUT2D eigenvalue weighted by Gasteiger charge is 2.34. The van der Waals surface area contributed by atoms with Crippen LogP contribution in [0.5, 0.6) is 11.5 Å². The van der Waals surface area contributed by atoms with Crippen LogP contribution in [0.15, 0.2) is 72.8 Å². The van der Waals surface area contributed by atoms with Gasteiger partial charge in [-0.15, -0.1) is 0 Å². The quantitative estimate of drug-likeness (QED) is 0.0381. The summed E-state index contributed by atoms with van der Waals surface area (Å²) in [5.74, 6) is 13.8. The molecule has 2 aliphatic carbocycles. The van der Waals surface area contributed by atoms with Crippen LogP contribution in [0.3, 0.4) is 0 Å². The number of aryl methyl sites for hydroxylation is 4. The first-order chi connectivity index (χ1) is 35.5. The van der Waals surface area contributed by atoms with E-state index in [1.807, 2.05) is 6.92 Å². The lowest BCUT2D eigenvalue weighted by molar-refractivity contribution is -0.143. The summed E-state index contributed by atoms with van der Waals surface area (Å²) in [4.78, 5) is 22.1. The van der Waals surface area contributed by atoms with E-state index in [0.29, 0.717) is 32.7 Å². The largest absolute Gasteiger partial charge is 0.493 e. The van der Waals surface area contributed by atoms with Gasteiger partial charge in [0.25, 0.3) is 0 Å². The van der Waals surface area contributed by atoms with Gasteiger partial charge in [0.1, 0.15) is 22.7 Å². The average Bonchev–Trinajstić information content (AvgIpc) is 4.03. The van der Waals surface area contributed by atoms with Crippen molar-refractivity contribution >= 4 is 11.9 Å². The maximum absolute atomic E-state index is 11.5. The van der Waals surface area contributed by atoms with Crippen molar-refractivity contribution in [2.75, 3.05) is 19.8 Å². The van der Waals surface area contributed by atoms with Gasteiger partial charge in [-0.05, 0) is 219 Å². The van der Waals surface area contributed by atoms with Gasteiger partial charge in [0.2, 0.25) is 0 Å². The molecule has 2 fully saturated rings. The average molecular weight is 1010 g/mol. The maximum Gasteiger partial charge on any atom is 0.305 e. The van der Waals surface area contributed by atoms with Crippen LogP contribution in [-0.2, 0) is 25.2 Å². The lowest BCUT2D eigenvalue weighted by Gasteiger charge is -2.34. The highest BCUT2D eigenvalue weighted by atomic mass is 16.5. The second-order valence-electron chi connectivity index (χ2n) is 21.1. The van der Waals surface area contributed by atoms with Crippen LogP contribution < -0.4 is 9.47 Å². The number of hydrogen-bond acceptors (Lipinski definition) is 7. The topological polar surface area (TPSA) is 123 Å². The van der Waals surface area contributed by atoms with Crippen molar-refractivity contribution in [3.63, 3.8) is 0 Å². The van der Waals surface area contributed by atoms with Crippen LogP contribution in [0.4, 0.5) is 0 Å². The summed E-state index contributed by atoms with van der Waals surface area (Å²) in [6.45, 7) is 21.0. The smallest absolute Gasteiger partial charge is 0.305 e. The summed E-state index contributed by atoms with van der Waals surface area (Å²) < 4.78 is 17.1. The number of ether oxygens (including phenoxy) is 3. The van der Waals surface area contributed by atoms with Gasteiger partial charge in [-0.25, -0.2) is 0 Å². The predicted molar refractivity (Wildman–Crippen MR) is 300 cm³/mol. The maximum atomic E-state index is 11.5. The number of carboxylic acids is 1. The second-order valence-corrected chi connectivity index (χ2v) is 21.1. The van der Waals surface area contributed by atoms with Crippen molar-refractivity contribution in [2.24, 2.45) is 0 Å². The number of aliphatic hydroxyl groups is 2. The van der Waals surface area contributed by atoms with E-state index >= 15 is 0 Å². The van der Waals surface area contributed by atoms with Crippen LogP contribution >= 0.6 is 0 Å². The Morgan fingerprint density at radius 1 is 0.514 bits per heavy atom. The number of unbranched alkanes of at least 4 members (excludes halogenated alkanes) is 4. The van der Waals surface area contributed by atoms with E-state index in [4.69, 9.17) is 19.3 Å². The third kappa shape index (κ3) is 16.0. The summed E-state index contributed by atoms with van der Waals surface area (Å²) in [5.41, 5.74) is 9.93. The van der Waals surface area contributed by atoms with E-state index in [1.165, 1.54) is 22.3 Å². The molecule has 0 aromatic heterocycles. The molecule has 2 aliphatic rings. The molecule has 6 rings (SSSR count). The molecular formula is C66H88O8. The summed E-state index contributed by atoms with van der Waals surface area (Å²) in [6, 6.07) is 26.4. The molecule has 0 saturated heterocycles. The summed E-state index contributed by atoms with van der Waals surface area (Å²) in [7, 11) is 0. The van der Waals surface area contributed by atoms with Crippen LogP contribution in [0, 0.1) is 51.4 Å². The summed E-state index contributed by atoms with van der Waals surface area (Å²) in [6.07, 6.45) is 17.1. The number of carboxylic acid groups (broad SMARTS) is 1. The summed E-state index contributed by atoms with van der Waals surface area (Å²) in [5, 5.41) is 30.0. The van der Waals surface area contributed by atoms with Gasteiger partial charge in [-0.1, -0.05) is 99.9 Å². The van der Waals surface area contributed by atoms with Gasteiger partial charge in [0.05, 0.1) is 19.8 Å². The Bertz CT molecular complexity index is 2580. The van der Waals surface area contributed by atoms with E-state index < -0.39 is 17.2 Å². The molecule has 8 nitrogen and oxygen atoms in total. The summed E-state index contributed by atoms with van der Waals surface area (Å²) >= 11 is 0. The number of benzene rings is 4. The number of carbonyl (C=O) groups is 2. The lowest BCUT2D eigenvalue weighted by atomic mass is 9.70. The third-order valence-corrected chi connectivity index (χ3v) is 16.0. The molecule has 0 heterocycles. The van der Waals surface area contributed by atoms with Crippen molar-refractivity contribution in [1.29, 1.82) is 0 Å². The zero-order valence-electron chi connectivity index (χ0n) is 46.6. The molecule has 0 amide bonds. The van der Waals surface area contributed by atoms with Gasteiger partial charge < -0.3 is 29.5 Å². The molecule has 4 aromatic carbocycles. The molecular weight excluding hydrogens is 921 g/mol. The first-order valence-electron chi connectivity index (χ1n) is 28.1. The Morgan fingerprint density at radius 2 is 0.878 bits per heavy atom. The molecule has 0 aliphatic heterocycles. The fourth-order valence-corrected chi connectivity index (χ4v) is 11.1. The molecule has 3 N–H and O–H groups in total. The van der Waals surface area contributed by atoms with E-state index in [-0.39, 0.29) is 23.2 Å². The minimum Gasteiger partial charge on any atom is -0.493 e. The van der Waals surface area contributed by atoms with E-state index in [0.717, 1.165) is 154 Å². The number of esters is 1. The Balaban J connectivity index is 0.000000274. The molecule has 4 aromatic rings. The molecule has 0 radical (unpaired) electrons. The molecule has 8 heteroatoms. The first-order valence-corrected chi connectivity index (χ1v) is 28.1. The molecule has 2 saturated carbocycles. The number of hydrogen-bond donors (Lipinski definition) is 3. The first kappa shape index (κ1) is 59.3. The second kappa shape index (κ2) is 28.4. The van der Waals surface area contributed by atoms with E-state index in [2.05, 4.69) is 152 Å². The zero-order chi connectivity index (χ0) is 53.8. The normalized spacial score (nSPS) is 14.7. The Hall–Kier alpha value is -5.54. The SMILES string of the molecule is CCC(CC)(c1ccc(C#CC2(O)CCCC2)c(C)c1)c1ccc(OCCCCCC(=O)O)c(C)c1.CCOC(=O)CCCCCOc1ccc(C(CC)(CC)c2ccc(C#CC3(O)CCCC3)c(C)c2)cc1C. The number of rotatable bonds is 23. The highest BCUT2D eigenvalue weighted by molar-refractivity contribution is 5.69.